The summed E-state index contributed by atoms with van der Waals surface area (Å²) in [6, 6.07) is 16.9. The fourth-order valence-electron chi connectivity index (χ4n) is 3.19. The zero-order valence-corrected chi connectivity index (χ0v) is 18.3. The molecule has 0 aliphatic carbocycles. The van der Waals surface area contributed by atoms with Gasteiger partial charge in [-0.15, -0.1) is 11.8 Å². The minimum Gasteiger partial charge on any atom is -0.454 e. The van der Waals surface area contributed by atoms with Crippen LogP contribution in [0.25, 0.3) is 10.8 Å². The van der Waals surface area contributed by atoms with Crippen molar-refractivity contribution in [2.75, 3.05) is 12.5 Å². The van der Waals surface area contributed by atoms with Gasteiger partial charge in [-0.3, -0.25) is 9.59 Å². The van der Waals surface area contributed by atoms with Crippen molar-refractivity contribution in [2.45, 2.75) is 24.5 Å². The standard InChI is InChI=1S/C23H20ClNO5S/c1-14(23(27)25-11-15-8-9-18-19(10-15)29-13-28-18)30-21(26)12-31-20-7-3-5-16-4-2-6-17(24)22(16)20/h2-10,14H,11-13H2,1H3,(H,25,27)/t14-/m1/s1. The number of benzene rings is 3. The van der Waals surface area contributed by atoms with Crippen LogP contribution in [0, 0.1) is 0 Å². The first kappa shape index (κ1) is 21.3. The number of nitrogens with one attached hydrogen (secondary N) is 1. The van der Waals surface area contributed by atoms with Gasteiger partial charge in [0.2, 0.25) is 6.79 Å². The fourth-order valence-corrected chi connectivity index (χ4v) is 4.42. The molecule has 6 nitrogen and oxygen atoms in total. The van der Waals surface area contributed by atoms with Crippen LogP contribution >= 0.6 is 23.4 Å². The Kier molecular flexibility index (Phi) is 6.53. The van der Waals surface area contributed by atoms with Crippen molar-refractivity contribution in [3.8, 4) is 11.5 Å². The highest BCUT2D eigenvalue weighted by Gasteiger charge is 2.19. The van der Waals surface area contributed by atoms with Gasteiger partial charge in [-0.25, -0.2) is 0 Å². The first-order valence-corrected chi connectivity index (χ1v) is 11.0. The van der Waals surface area contributed by atoms with E-state index in [2.05, 4.69) is 5.32 Å². The molecule has 8 heteroatoms. The van der Waals surface area contributed by atoms with Crippen LogP contribution in [0.15, 0.2) is 59.5 Å². The van der Waals surface area contributed by atoms with Crippen LogP contribution in [0.5, 0.6) is 11.5 Å². The highest BCUT2D eigenvalue weighted by atomic mass is 35.5. The molecule has 1 aliphatic rings. The number of thioether (sulfide) groups is 1. The van der Waals surface area contributed by atoms with Crippen LogP contribution in [0.4, 0.5) is 0 Å². The number of ether oxygens (including phenoxy) is 3. The van der Waals surface area contributed by atoms with Gasteiger partial charge in [0.15, 0.2) is 17.6 Å². The molecule has 1 aliphatic heterocycles. The molecule has 0 fully saturated rings. The van der Waals surface area contributed by atoms with E-state index in [0.29, 0.717) is 23.1 Å². The third kappa shape index (κ3) is 5.06. The van der Waals surface area contributed by atoms with Crippen molar-refractivity contribution in [3.63, 3.8) is 0 Å². The Bertz CT molecular complexity index is 1130. The molecule has 31 heavy (non-hydrogen) atoms. The van der Waals surface area contributed by atoms with Gasteiger partial charge in [-0.1, -0.05) is 41.9 Å². The third-order valence-corrected chi connectivity index (χ3v) is 6.09. The van der Waals surface area contributed by atoms with E-state index in [9.17, 15) is 9.59 Å². The number of halogens is 1. The molecule has 160 valence electrons. The number of hydrogen-bond donors (Lipinski definition) is 1. The molecular weight excluding hydrogens is 438 g/mol. The van der Waals surface area contributed by atoms with Gasteiger partial charge in [0.25, 0.3) is 5.91 Å². The second-order valence-electron chi connectivity index (χ2n) is 6.92. The zero-order chi connectivity index (χ0) is 21.8. The van der Waals surface area contributed by atoms with Gasteiger partial charge in [0.05, 0.1) is 5.75 Å². The predicted molar refractivity (Wildman–Crippen MR) is 120 cm³/mol. The molecular formula is C23H20ClNO5S. The summed E-state index contributed by atoms with van der Waals surface area (Å²) in [5.41, 5.74) is 0.861. The van der Waals surface area contributed by atoms with Gasteiger partial charge in [-0.05, 0) is 42.1 Å². The highest BCUT2D eigenvalue weighted by Crippen LogP contribution is 2.33. The Balaban J connectivity index is 1.28. The molecule has 1 heterocycles. The summed E-state index contributed by atoms with van der Waals surface area (Å²) < 4.78 is 15.9. The molecule has 3 aromatic rings. The lowest BCUT2D eigenvalue weighted by molar-refractivity contribution is -0.152. The molecule has 3 aromatic carbocycles. The van der Waals surface area contributed by atoms with Crippen LogP contribution in [-0.2, 0) is 20.9 Å². The number of amides is 1. The Morgan fingerprint density at radius 1 is 1.13 bits per heavy atom. The number of rotatable bonds is 7. The maximum absolute atomic E-state index is 12.3. The van der Waals surface area contributed by atoms with Crippen molar-refractivity contribution in [3.05, 3.63) is 65.2 Å². The highest BCUT2D eigenvalue weighted by molar-refractivity contribution is 8.00. The molecule has 1 amide bonds. The Morgan fingerprint density at radius 3 is 2.74 bits per heavy atom. The number of hydrogen-bond acceptors (Lipinski definition) is 6. The second kappa shape index (κ2) is 9.49. The quantitative estimate of drug-likeness (QED) is 0.414. The first-order valence-electron chi connectivity index (χ1n) is 9.67. The van der Waals surface area contributed by atoms with E-state index < -0.39 is 12.1 Å². The monoisotopic (exact) mass is 457 g/mol. The number of carbonyl (C=O) groups is 2. The van der Waals surface area contributed by atoms with Gasteiger partial charge >= 0.3 is 5.97 Å². The molecule has 0 unspecified atom stereocenters. The molecule has 0 spiro atoms. The lowest BCUT2D eigenvalue weighted by atomic mass is 10.1. The molecule has 4 rings (SSSR count). The van der Waals surface area contributed by atoms with Gasteiger partial charge < -0.3 is 19.5 Å². The Labute approximate surface area is 188 Å². The lowest BCUT2D eigenvalue weighted by Crippen LogP contribution is -2.35. The lowest BCUT2D eigenvalue weighted by Gasteiger charge is -2.14. The zero-order valence-electron chi connectivity index (χ0n) is 16.7. The topological polar surface area (TPSA) is 73.9 Å². The number of esters is 1. The summed E-state index contributed by atoms with van der Waals surface area (Å²) in [5, 5.41) is 5.30. The third-order valence-electron chi connectivity index (χ3n) is 4.74. The summed E-state index contributed by atoms with van der Waals surface area (Å²) in [4.78, 5) is 25.5. The molecule has 0 saturated carbocycles. The van der Waals surface area contributed by atoms with E-state index in [1.807, 2.05) is 48.5 Å². The summed E-state index contributed by atoms with van der Waals surface area (Å²) >= 11 is 7.65. The summed E-state index contributed by atoms with van der Waals surface area (Å²) in [5.74, 6) is 0.563. The molecule has 0 saturated heterocycles. The van der Waals surface area contributed by atoms with Crippen LogP contribution in [0.1, 0.15) is 12.5 Å². The average molecular weight is 458 g/mol. The van der Waals surface area contributed by atoms with E-state index in [0.717, 1.165) is 21.2 Å². The van der Waals surface area contributed by atoms with E-state index in [1.54, 1.807) is 13.0 Å². The summed E-state index contributed by atoms with van der Waals surface area (Å²) in [6.07, 6.45) is -0.904. The fraction of sp³-hybridized carbons (Fsp3) is 0.217. The van der Waals surface area contributed by atoms with E-state index >= 15 is 0 Å². The maximum atomic E-state index is 12.3. The Morgan fingerprint density at radius 2 is 1.90 bits per heavy atom. The minimum absolute atomic E-state index is 0.0735. The first-order chi connectivity index (χ1) is 15.0. The molecule has 1 atom stereocenters. The van der Waals surface area contributed by atoms with Crippen molar-refractivity contribution in [1.82, 2.24) is 5.32 Å². The van der Waals surface area contributed by atoms with Crippen molar-refractivity contribution in [2.24, 2.45) is 0 Å². The normalized spacial score (nSPS) is 13.1. The minimum atomic E-state index is -0.904. The van der Waals surface area contributed by atoms with Crippen LogP contribution in [-0.4, -0.2) is 30.5 Å². The van der Waals surface area contributed by atoms with Crippen LogP contribution in [0.2, 0.25) is 5.02 Å². The van der Waals surface area contributed by atoms with E-state index in [4.69, 9.17) is 25.8 Å². The molecule has 0 aromatic heterocycles. The molecule has 0 bridgehead atoms. The van der Waals surface area contributed by atoms with Gasteiger partial charge in [0.1, 0.15) is 0 Å². The van der Waals surface area contributed by atoms with E-state index in [1.165, 1.54) is 11.8 Å². The van der Waals surface area contributed by atoms with Gasteiger partial charge in [-0.2, -0.15) is 0 Å². The Hall–Kier alpha value is -2.90. The molecule has 0 radical (unpaired) electrons. The molecule has 1 N–H and O–H groups in total. The van der Waals surface area contributed by atoms with Crippen LogP contribution in [0.3, 0.4) is 0 Å². The van der Waals surface area contributed by atoms with Crippen molar-refractivity contribution in [1.29, 1.82) is 0 Å². The summed E-state index contributed by atoms with van der Waals surface area (Å²) in [6.45, 7) is 2.04. The summed E-state index contributed by atoms with van der Waals surface area (Å²) in [7, 11) is 0. The smallest absolute Gasteiger partial charge is 0.317 e. The number of carbonyl (C=O) groups excluding carboxylic acids is 2. The van der Waals surface area contributed by atoms with Crippen molar-refractivity contribution < 1.29 is 23.8 Å². The second-order valence-corrected chi connectivity index (χ2v) is 8.34. The SMILES string of the molecule is C[C@@H](OC(=O)CSc1cccc2cccc(Cl)c12)C(=O)NCc1ccc2c(c1)OCO2. The number of fused-ring (bicyclic) bond motifs is 2. The van der Waals surface area contributed by atoms with E-state index in [-0.39, 0.29) is 18.5 Å². The van der Waals surface area contributed by atoms with Crippen LogP contribution < -0.4 is 14.8 Å². The van der Waals surface area contributed by atoms with Crippen molar-refractivity contribution >= 4 is 46.0 Å². The predicted octanol–water partition coefficient (Wildman–Crippen LogP) is 4.56. The van der Waals surface area contributed by atoms with Gasteiger partial charge in [0, 0.05) is 21.8 Å². The average Bonchev–Trinajstić information content (AvgIpc) is 3.24. The largest absolute Gasteiger partial charge is 0.454 e. The maximum Gasteiger partial charge on any atom is 0.317 e.